The quantitative estimate of drug-likeness (QED) is 0.778. The van der Waals surface area contributed by atoms with E-state index in [1.54, 1.807) is 4.90 Å². The number of aromatic nitrogens is 1. The minimum absolute atomic E-state index is 0.203. The van der Waals surface area contributed by atoms with Crippen molar-refractivity contribution in [2.45, 2.75) is 18.6 Å². The minimum Gasteiger partial charge on any atom is -0.493 e. The Morgan fingerprint density at radius 2 is 2.50 bits per heavy atom. The molecule has 2 aromatic rings. The molecule has 3 rings (SSSR count). The Morgan fingerprint density at radius 1 is 1.65 bits per heavy atom. The number of thiophene rings is 1. The summed E-state index contributed by atoms with van der Waals surface area (Å²) in [5.74, 6) is -0.448. The largest absolute Gasteiger partial charge is 0.493 e. The van der Waals surface area contributed by atoms with Gasteiger partial charge in [-0.15, -0.1) is 11.3 Å². The van der Waals surface area contributed by atoms with E-state index in [4.69, 9.17) is 9.47 Å². The third-order valence-electron chi connectivity index (χ3n) is 4.15. The van der Waals surface area contributed by atoms with Gasteiger partial charge >= 0.3 is 6.03 Å². The summed E-state index contributed by atoms with van der Waals surface area (Å²) >= 11 is 1.46. The number of aliphatic hydroxyl groups is 1. The molecule has 0 saturated carbocycles. The highest BCUT2D eigenvalue weighted by Crippen LogP contribution is 2.27. The molecule has 0 spiro atoms. The molecule has 9 heteroatoms. The maximum atomic E-state index is 13.4. The van der Waals surface area contributed by atoms with Gasteiger partial charge in [0.1, 0.15) is 0 Å². The summed E-state index contributed by atoms with van der Waals surface area (Å²) in [6.45, 7) is 1.11. The van der Waals surface area contributed by atoms with E-state index in [-0.39, 0.29) is 17.5 Å². The number of anilines is 1. The van der Waals surface area contributed by atoms with Crippen LogP contribution in [0.2, 0.25) is 0 Å². The number of amides is 2. The van der Waals surface area contributed by atoms with Crippen LogP contribution in [0.3, 0.4) is 0 Å². The van der Waals surface area contributed by atoms with Crippen molar-refractivity contribution in [2.75, 3.05) is 32.2 Å². The van der Waals surface area contributed by atoms with Gasteiger partial charge in [-0.3, -0.25) is 0 Å². The zero-order valence-electron chi connectivity index (χ0n) is 14.2. The second-order valence-corrected chi connectivity index (χ2v) is 6.81. The molecule has 7 nitrogen and oxygen atoms in total. The van der Waals surface area contributed by atoms with Gasteiger partial charge in [0.2, 0.25) is 5.95 Å². The fourth-order valence-electron chi connectivity index (χ4n) is 2.84. The van der Waals surface area contributed by atoms with Crippen molar-refractivity contribution in [1.29, 1.82) is 0 Å². The van der Waals surface area contributed by atoms with E-state index in [9.17, 15) is 14.3 Å². The normalized spacial score (nSPS) is 18.4. The van der Waals surface area contributed by atoms with Gasteiger partial charge in [0.25, 0.3) is 0 Å². The first kappa shape index (κ1) is 18.6. The molecule has 2 aromatic heterocycles. The standard InChI is InChI=1S/C17H20FN3O4S/c1-24-14-9-19-16(18)8-12(14)20-17(23)21-4-5-25-10-11(21)7-13(22)15-3-2-6-26-15/h2-3,6,8-9,11,13,22H,4-5,7,10H2,1H3,(H,19,20,23). The average Bonchev–Trinajstić information content (AvgIpc) is 3.17. The van der Waals surface area contributed by atoms with Crippen LogP contribution in [0.4, 0.5) is 14.9 Å². The van der Waals surface area contributed by atoms with Crippen LogP contribution >= 0.6 is 11.3 Å². The molecule has 0 bridgehead atoms. The first-order valence-electron chi connectivity index (χ1n) is 8.15. The molecule has 1 aliphatic rings. The Labute approximate surface area is 154 Å². The predicted octanol–water partition coefficient (Wildman–Crippen LogP) is 2.65. The molecule has 2 N–H and O–H groups in total. The number of ether oxygens (including phenoxy) is 2. The summed E-state index contributed by atoms with van der Waals surface area (Å²) in [7, 11) is 1.42. The Bertz CT molecular complexity index is 744. The monoisotopic (exact) mass is 381 g/mol. The van der Waals surface area contributed by atoms with Crippen molar-refractivity contribution in [3.8, 4) is 5.75 Å². The summed E-state index contributed by atoms with van der Waals surface area (Å²) in [6, 6.07) is 4.13. The molecule has 26 heavy (non-hydrogen) atoms. The molecule has 0 radical (unpaired) electrons. The molecule has 3 heterocycles. The number of rotatable bonds is 5. The van der Waals surface area contributed by atoms with Crippen LogP contribution < -0.4 is 10.1 Å². The number of nitrogens with zero attached hydrogens (tertiary/aromatic N) is 2. The SMILES string of the molecule is COc1cnc(F)cc1NC(=O)N1CCOCC1CC(O)c1cccs1. The number of halogens is 1. The van der Waals surface area contributed by atoms with E-state index in [0.717, 1.165) is 10.9 Å². The zero-order valence-corrected chi connectivity index (χ0v) is 15.0. The van der Waals surface area contributed by atoms with Gasteiger partial charge in [-0.2, -0.15) is 4.39 Å². The highest BCUT2D eigenvalue weighted by molar-refractivity contribution is 7.10. The molecule has 0 aliphatic carbocycles. The number of hydrogen-bond acceptors (Lipinski definition) is 6. The van der Waals surface area contributed by atoms with E-state index in [1.807, 2.05) is 17.5 Å². The number of pyridine rings is 1. The topological polar surface area (TPSA) is 83.9 Å². The lowest BCUT2D eigenvalue weighted by Crippen LogP contribution is -2.50. The second-order valence-electron chi connectivity index (χ2n) is 5.83. The van der Waals surface area contributed by atoms with Gasteiger partial charge in [0.05, 0.1) is 44.4 Å². The lowest BCUT2D eigenvalue weighted by atomic mass is 10.1. The summed E-state index contributed by atoms with van der Waals surface area (Å²) in [4.78, 5) is 18.6. The molecule has 1 fully saturated rings. The van der Waals surface area contributed by atoms with Crippen LogP contribution in [-0.4, -0.2) is 53.9 Å². The molecule has 1 aliphatic heterocycles. The van der Waals surface area contributed by atoms with Crippen LogP contribution in [0.5, 0.6) is 5.75 Å². The molecule has 2 amide bonds. The molecular weight excluding hydrogens is 361 g/mol. The number of nitrogens with one attached hydrogen (secondary N) is 1. The van der Waals surface area contributed by atoms with Crippen LogP contribution in [0.15, 0.2) is 29.8 Å². The smallest absolute Gasteiger partial charge is 0.322 e. The highest BCUT2D eigenvalue weighted by Gasteiger charge is 2.30. The molecule has 1 saturated heterocycles. The van der Waals surface area contributed by atoms with Crippen LogP contribution in [0.25, 0.3) is 0 Å². The van der Waals surface area contributed by atoms with E-state index in [0.29, 0.717) is 26.2 Å². The van der Waals surface area contributed by atoms with E-state index in [2.05, 4.69) is 10.3 Å². The van der Waals surface area contributed by atoms with Crippen molar-refractivity contribution < 1.29 is 23.8 Å². The molecule has 140 valence electrons. The number of hydrogen-bond donors (Lipinski definition) is 2. The number of urea groups is 1. The van der Waals surface area contributed by atoms with Crippen molar-refractivity contribution in [1.82, 2.24) is 9.88 Å². The molecular formula is C17H20FN3O4S. The summed E-state index contributed by atoms with van der Waals surface area (Å²) in [5.41, 5.74) is 0.203. The third kappa shape index (κ3) is 4.29. The Kier molecular flexibility index (Phi) is 6.02. The van der Waals surface area contributed by atoms with Gasteiger partial charge in [0.15, 0.2) is 5.75 Å². The van der Waals surface area contributed by atoms with Crippen LogP contribution in [0, 0.1) is 5.95 Å². The number of aliphatic hydroxyl groups excluding tert-OH is 1. The minimum atomic E-state index is -0.715. The van der Waals surface area contributed by atoms with Gasteiger partial charge in [-0.1, -0.05) is 6.07 Å². The van der Waals surface area contributed by atoms with Gasteiger partial charge in [-0.25, -0.2) is 9.78 Å². The number of carbonyl (C=O) groups is 1. The van der Waals surface area contributed by atoms with Crippen molar-refractivity contribution in [3.63, 3.8) is 0 Å². The number of morpholine rings is 1. The van der Waals surface area contributed by atoms with Crippen LogP contribution in [0.1, 0.15) is 17.4 Å². The third-order valence-corrected chi connectivity index (χ3v) is 5.12. The Hall–Kier alpha value is -2.23. The lowest BCUT2D eigenvalue weighted by Gasteiger charge is -2.36. The van der Waals surface area contributed by atoms with Crippen LogP contribution in [-0.2, 0) is 4.74 Å². The summed E-state index contributed by atoms with van der Waals surface area (Å²) < 4.78 is 24.0. The fourth-order valence-corrected chi connectivity index (χ4v) is 3.56. The first-order valence-corrected chi connectivity index (χ1v) is 9.03. The van der Waals surface area contributed by atoms with E-state index >= 15 is 0 Å². The average molecular weight is 381 g/mol. The summed E-state index contributed by atoms with van der Waals surface area (Å²) in [6.07, 6.45) is 0.892. The van der Waals surface area contributed by atoms with Gasteiger partial charge in [-0.05, 0) is 11.4 Å². The van der Waals surface area contributed by atoms with Crippen molar-refractivity contribution >= 4 is 23.1 Å². The van der Waals surface area contributed by atoms with E-state index in [1.165, 1.54) is 24.6 Å². The maximum absolute atomic E-state index is 13.4. The van der Waals surface area contributed by atoms with Crippen molar-refractivity contribution in [3.05, 3.63) is 40.6 Å². The second kappa shape index (κ2) is 8.43. The van der Waals surface area contributed by atoms with Gasteiger partial charge < -0.3 is 24.8 Å². The summed E-state index contributed by atoms with van der Waals surface area (Å²) in [5, 5.41) is 14.9. The molecule has 2 atom stereocenters. The highest BCUT2D eigenvalue weighted by atomic mass is 32.1. The molecule has 2 unspecified atom stereocenters. The first-order chi connectivity index (χ1) is 12.6. The van der Waals surface area contributed by atoms with Crippen molar-refractivity contribution in [2.24, 2.45) is 0 Å². The predicted molar refractivity (Wildman–Crippen MR) is 95.0 cm³/mol. The van der Waals surface area contributed by atoms with E-state index < -0.39 is 18.1 Å². The maximum Gasteiger partial charge on any atom is 0.322 e. The zero-order chi connectivity index (χ0) is 18.5. The fraction of sp³-hybridized carbons (Fsp3) is 0.412. The Balaban J connectivity index is 1.71. The Morgan fingerprint density at radius 3 is 3.23 bits per heavy atom. The molecule has 0 aromatic carbocycles. The number of methoxy groups -OCH3 is 1. The number of carbonyl (C=O) groups excluding carboxylic acids is 1. The van der Waals surface area contributed by atoms with Gasteiger partial charge in [0, 0.05) is 23.9 Å². The lowest BCUT2D eigenvalue weighted by molar-refractivity contribution is -0.00383.